The van der Waals surface area contributed by atoms with Gasteiger partial charge in [-0.25, -0.2) is 4.79 Å². The van der Waals surface area contributed by atoms with Crippen LogP contribution < -0.4 is 4.90 Å². The van der Waals surface area contributed by atoms with Gasteiger partial charge < -0.3 is 14.9 Å². The fourth-order valence-corrected chi connectivity index (χ4v) is 4.36. The standard InChI is InChI=1S/C20H30N2O3S/c1-14(23)22(15-7-9-16(26-6)10-8-15)20(5)11-12-21(18(24)25)17(13-20)19(2,3)4/h7-10,17H,11-13H2,1-6H3,(H,24,25). The van der Waals surface area contributed by atoms with Crippen LogP contribution >= 0.6 is 11.8 Å². The third kappa shape index (κ3) is 4.17. The summed E-state index contributed by atoms with van der Waals surface area (Å²) in [6.45, 7) is 10.3. The summed E-state index contributed by atoms with van der Waals surface area (Å²) < 4.78 is 0. The lowest BCUT2D eigenvalue weighted by molar-refractivity contribution is -0.118. The van der Waals surface area contributed by atoms with Crippen LogP contribution in [0.2, 0.25) is 0 Å². The Morgan fingerprint density at radius 3 is 2.27 bits per heavy atom. The first-order valence-corrected chi connectivity index (χ1v) is 10.2. The Bertz CT molecular complexity index is 669. The Morgan fingerprint density at radius 1 is 1.27 bits per heavy atom. The van der Waals surface area contributed by atoms with Crippen molar-refractivity contribution in [2.24, 2.45) is 5.41 Å². The minimum atomic E-state index is -0.884. The van der Waals surface area contributed by atoms with Crippen LogP contribution in [0.4, 0.5) is 10.5 Å². The first-order valence-electron chi connectivity index (χ1n) is 8.94. The van der Waals surface area contributed by atoms with Gasteiger partial charge in [0.05, 0.1) is 0 Å². The number of anilines is 1. The highest BCUT2D eigenvalue weighted by Gasteiger charge is 2.47. The number of amides is 2. The predicted molar refractivity (Wildman–Crippen MR) is 107 cm³/mol. The Hall–Kier alpha value is -1.69. The molecule has 26 heavy (non-hydrogen) atoms. The summed E-state index contributed by atoms with van der Waals surface area (Å²) in [5.41, 5.74) is 0.246. The molecule has 0 spiro atoms. The SMILES string of the molecule is CSc1ccc(N(C(C)=O)C2(C)CCN(C(=O)O)C(C(C)(C)C)C2)cc1. The van der Waals surface area contributed by atoms with Gasteiger partial charge in [0.25, 0.3) is 0 Å². The summed E-state index contributed by atoms with van der Waals surface area (Å²) in [5.74, 6) is -0.0131. The van der Waals surface area contributed by atoms with Crippen molar-refractivity contribution in [2.45, 2.75) is 63.9 Å². The second kappa shape index (κ2) is 7.51. The second-order valence-electron chi connectivity index (χ2n) is 8.36. The molecule has 1 heterocycles. The molecule has 0 aliphatic carbocycles. The molecule has 1 aromatic carbocycles. The van der Waals surface area contributed by atoms with E-state index in [0.29, 0.717) is 19.4 Å². The topological polar surface area (TPSA) is 60.9 Å². The summed E-state index contributed by atoms with van der Waals surface area (Å²) in [6, 6.07) is 7.85. The third-order valence-electron chi connectivity index (χ3n) is 5.33. The fraction of sp³-hybridized carbons (Fsp3) is 0.600. The molecule has 1 aromatic rings. The maximum atomic E-state index is 12.6. The van der Waals surface area contributed by atoms with Crippen LogP contribution in [0.25, 0.3) is 0 Å². The van der Waals surface area contributed by atoms with Crippen molar-refractivity contribution in [3.8, 4) is 0 Å². The summed E-state index contributed by atoms with van der Waals surface area (Å²) in [7, 11) is 0. The van der Waals surface area contributed by atoms with Crippen molar-refractivity contribution in [1.29, 1.82) is 0 Å². The number of hydrogen-bond donors (Lipinski definition) is 1. The zero-order valence-corrected chi connectivity index (χ0v) is 17.4. The monoisotopic (exact) mass is 378 g/mol. The van der Waals surface area contributed by atoms with E-state index >= 15 is 0 Å². The van der Waals surface area contributed by atoms with Crippen LogP contribution in [0, 0.1) is 5.41 Å². The van der Waals surface area contributed by atoms with Gasteiger partial charge in [-0.15, -0.1) is 11.8 Å². The quantitative estimate of drug-likeness (QED) is 0.774. The van der Waals surface area contributed by atoms with E-state index in [1.54, 1.807) is 18.7 Å². The highest BCUT2D eigenvalue weighted by atomic mass is 32.2. The maximum Gasteiger partial charge on any atom is 0.407 e. The van der Waals surface area contributed by atoms with Gasteiger partial charge in [0.2, 0.25) is 5.91 Å². The average molecular weight is 379 g/mol. The number of rotatable bonds is 3. The number of hydrogen-bond acceptors (Lipinski definition) is 3. The van der Waals surface area contributed by atoms with E-state index in [1.165, 1.54) is 4.90 Å². The van der Waals surface area contributed by atoms with E-state index in [0.717, 1.165) is 10.6 Å². The van der Waals surface area contributed by atoms with E-state index in [1.807, 2.05) is 35.4 Å². The lowest BCUT2D eigenvalue weighted by Gasteiger charge is -2.52. The number of carbonyl (C=O) groups is 2. The minimum Gasteiger partial charge on any atom is -0.465 e. The van der Waals surface area contributed by atoms with Crippen molar-refractivity contribution < 1.29 is 14.7 Å². The van der Waals surface area contributed by atoms with E-state index in [9.17, 15) is 14.7 Å². The smallest absolute Gasteiger partial charge is 0.407 e. The predicted octanol–water partition coefficient (Wildman–Crippen LogP) is 4.71. The average Bonchev–Trinajstić information content (AvgIpc) is 2.54. The van der Waals surface area contributed by atoms with Gasteiger partial charge in [-0.3, -0.25) is 4.79 Å². The molecular formula is C20H30N2O3S. The normalized spacial score (nSPS) is 23.6. The minimum absolute atomic E-state index is 0.0131. The molecule has 2 amide bonds. The highest BCUT2D eigenvalue weighted by Crippen LogP contribution is 2.41. The number of piperidine rings is 1. The van der Waals surface area contributed by atoms with Gasteiger partial charge in [0.1, 0.15) is 0 Å². The molecule has 1 aliphatic rings. The molecular weight excluding hydrogens is 348 g/mol. The van der Waals surface area contributed by atoms with Crippen LogP contribution in [-0.4, -0.2) is 46.4 Å². The van der Waals surface area contributed by atoms with Gasteiger partial charge >= 0.3 is 6.09 Å². The Kier molecular flexibility index (Phi) is 5.95. The first kappa shape index (κ1) is 20.6. The van der Waals surface area contributed by atoms with Crippen LogP contribution in [-0.2, 0) is 4.79 Å². The summed E-state index contributed by atoms with van der Waals surface area (Å²) in [4.78, 5) is 28.8. The van der Waals surface area contributed by atoms with E-state index < -0.39 is 11.6 Å². The molecule has 5 nitrogen and oxygen atoms in total. The van der Waals surface area contributed by atoms with E-state index in [2.05, 4.69) is 27.7 Å². The van der Waals surface area contributed by atoms with Crippen LogP contribution in [0.3, 0.4) is 0 Å². The summed E-state index contributed by atoms with van der Waals surface area (Å²) >= 11 is 1.66. The van der Waals surface area contributed by atoms with Gasteiger partial charge in [0.15, 0.2) is 0 Å². The van der Waals surface area contributed by atoms with E-state index in [-0.39, 0.29) is 17.4 Å². The summed E-state index contributed by atoms with van der Waals surface area (Å²) in [6.07, 6.45) is 2.38. The highest BCUT2D eigenvalue weighted by molar-refractivity contribution is 7.98. The number of likely N-dealkylation sites (tertiary alicyclic amines) is 1. The lowest BCUT2D eigenvalue weighted by atomic mass is 9.73. The molecule has 0 saturated carbocycles. The van der Waals surface area contributed by atoms with Crippen LogP contribution in [0.5, 0.6) is 0 Å². The molecule has 0 aromatic heterocycles. The van der Waals surface area contributed by atoms with Gasteiger partial charge in [-0.05, 0) is 55.7 Å². The molecule has 1 aliphatic heterocycles. The van der Waals surface area contributed by atoms with Crippen molar-refractivity contribution in [3.05, 3.63) is 24.3 Å². The number of carbonyl (C=O) groups excluding carboxylic acids is 1. The lowest BCUT2D eigenvalue weighted by Crippen LogP contribution is -2.62. The molecule has 144 valence electrons. The first-order chi connectivity index (χ1) is 12.0. The van der Waals surface area contributed by atoms with Gasteiger partial charge in [-0.1, -0.05) is 20.8 Å². The second-order valence-corrected chi connectivity index (χ2v) is 9.24. The van der Waals surface area contributed by atoms with Crippen LogP contribution in [0.1, 0.15) is 47.5 Å². The van der Waals surface area contributed by atoms with Crippen LogP contribution in [0.15, 0.2) is 29.2 Å². The van der Waals surface area contributed by atoms with Crippen molar-refractivity contribution in [1.82, 2.24) is 4.90 Å². The van der Waals surface area contributed by atoms with Gasteiger partial charge in [0, 0.05) is 35.6 Å². The fourth-order valence-electron chi connectivity index (χ4n) is 3.96. The molecule has 2 rings (SSSR count). The third-order valence-corrected chi connectivity index (χ3v) is 6.07. The molecule has 2 atom stereocenters. The zero-order valence-electron chi connectivity index (χ0n) is 16.6. The zero-order chi connectivity index (χ0) is 19.7. The number of benzene rings is 1. The Morgan fingerprint density at radius 2 is 1.85 bits per heavy atom. The van der Waals surface area contributed by atoms with E-state index in [4.69, 9.17) is 0 Å². The maximum absolute atomic E-state index is 12.6. The molecule has 6 heteroatoms. The van der Waals surface area contributed by atoms with Crippen molar-refractivity contribution >= 4 is 29.4 Å². The number of carboxylic acid groups (broad SMARTS) is 1. The van der Waals surface area contributed by atoms with Gasteiger partial charge in [-0.2, -0.15) is 0 Å². The molecule has 1 N–H and O–H groups in total. The number of thioether (sulfide) groups is 1. The number of nitrogens with zero attached hydrogens (tertiary/aromatic N) is 2. The van der Waals surface area contributed by atoms with Crippen molar-refractivity contribution in [3.63, 3.8) is 0 Å². The molecule has 1 saturated heterocycles. The Balaban J connectivity index is 2.41. The summed E-state index contributed by atoms with van der Waals surface area (Å²) in [5, 5.41) is 9.61. The van der Waals surface area contributed by atoms with Crippen molar-refractivity contribution in [2.75, 3.05) is 17.7 Å². The molecule has 0 bridgehead atoms. The molecule has 0 radical (unpaired) electrons. The largest absolute Gasteiger partial charge is 0.465 e. The Labute approximate surface area is 160 Å². The molecule has 2 unspecified atom stereocenters. The molecule has 1 fully saturated rings.